The Labute approximate surface area is 108 Å². The molecule has 0 aliphatic heterocycles. The SMILES string of the molecule is Cn1ccc(CNC(=O)c2ccnc(NN)c2F)n1. The number of hydrazine groups is 1. The molecule has 0 aromatic carbocycles. The highest BCUT2D eigenvalue weighted by atomic mass is 19.1. The molecule has 2 aromatic rings. The molecule has 2 aromatic heterocycles. The first-order chi connectivity index (χ1) is 9.11. The van der Waals surface area contributed by atoms with Gasteiger partial charge in [0.15, 0.2) is 11.6 Å². The van der Waals surface area contributed by atoms with E-state index >= 15 is 0 Å². The summed E-state index contributed by atoms with van der Waals surface area (Å²) < 4.78 is 15.4. The van der Waals surface area contributed by atoms with Gasteiger partial charge in [0.2, 0.25) is 0 Å². The summed E-state index contributed by atoms with van der Waals surface area (Å²) in [6.07, 6.45) is 3.05. The lowest BCUT2D eigenvalue weighted by molar-refractivity contribution is 0.0946. The van der Waals surface area contributed by atoms with Crippen LogP contribution in [0.2, 0.25) is 0 Å². The van der Waals surface area contributed by atoms with Crippen LogP contribution < -0.4 is 16.6 Å². The van der Waals surface area contributed by atoms with Gasteiger partial charge in [0.1, 0.15) is 0 Å². The Hall–Kier alpha value is -2.48. The Bertz CT molecular complexity index is 597. The molecule has 0 spiro atoms. The molecule has 0 unspecified atom stereocenters. The zero-order chi connectivity index (χ0) is 13.8. The summed E-state index contributed by atoms with van der Waals surface area (Å²) in [4.78, 5) is 15.5. The summed E-state index contributed by atoms with van der Waals surface area (Å²) in [5.74, 6) is 3.57. The quantitative estimate of drug-likeness (QED) is 0.540. The van der Waals surface area contributed by atoms with E-state index in [2.05, 4.69) is 20.8 Å². The fraction of sp³-hybridized carbons (Fsp3) is 0.182. The van der Waals surface area contributed by atoms with Crippen molar-refractivity contribution in [2.75, 3.05) is 5.43 Å². The molecule has 100 valence electrons. The van der Waals surface area contributed by atoms with Crippen LogP contribution in [-0.4, -0.2) is 20.7 Å². The average Bonchev–Trinajstić information content (AvgIpc) is 2.82. The highest BCUT2D eigenvalue weighted by Gasteiger charge is 2.15. The fourth-order valence-electron chi connectivity index (χ4n) is 1.54. The van der Waals surface area contributed by atoms with Crippen molar-refractivity contribution in [1.29, 1.82) is 0 Å². The van der Waals surface area contributed by atoms with Crippen LogP contribution in [-0.2, 0) is 13.6 Å². The normalized spacial score (nSPS) is 10.3. The van der Waals surface area contributed by atoms with Crippen molar-refractivity contribution in [1.82, 2.24) is 20.1 Å². The predicted molar refractivity (Wildman–Crippen MR) is 66.4 cm³/mol. The molecule has 0 aliphatic rings. The van der Waals surface area contributed by atoms with E-state index in [1.165, 1.54) is 12.3 Å². The van der Waals surface area contributed by atoms with E-state index in [4.69, 9.17) is 5.84 Å². The van der Waals surface area contributed by atoms with Gasteiger partial charge >= 0.3 is 0 Å². The van der Waals surface area contributed by atoms with Crippen molar-refractivity contribution in [2.45, 2.75) is 6.54 Å². The van der Waals surface area contributed by atoms with Crippen molar-refractivity contribution in [3.63, 3.8) is 0 Å². The topological polar surface area (TPSA) is 97.9 Å². The molecular weight excluding hydrogens is 251 g/mol. The van der Waals surface area contributed by atoms with Crippen LogP contribution in [0.3, 0.4) is 0 Å². The van der Waals surface area contributed by atoms with Crippen LogP contribution in [0.5, 0.6) is 0 Å². The number of nitrogens with two attached hydrogens (primary N) is 1. The number of pyridine rings is 1. The predicted octanol–water partition coefficient (Wildman–Crippen LogP) is 0.170. The molecule has 0 radical (unpaired) electrons. The van der Waals surface area contributed by atoms with Gasteiger partial charge < -0.3 is 10.7 Å². The second kappa shape index (κ2) is 5.44. The number of aryl methyl sites for hydroxylation is 1. The monoisotopic (exact) mass is 264 g/mol. The summed E-state index contributed by atoms with van der Waals surface area (Å²) >= 11 is 0. The van der Waals surface area contributed by atoms with Crippen molar-refractivity contribution in [2.24, 2.45) is 12.9 Å². The number of hydrogen-bond acceptors (Lipinski definition) is 5. The molecule has 2 rings (SSSR count). The number of rotatable bonds is 4. The molecule has 0 atom stereocenters. The van der Waals surface area contributed by atoms with E-state index in [9.17, 15) is 9.18 Å². The molecule has 0 fully saturated rings. The number of nitrogen functional groups attached to an aromatic ring is 1. The van der Waals surface area contributed by atoms with Crippen LogP contribution in [0, 0.1) is 5.82 Å². The summed E-state index contributed by atoms with van der Waals surface area (Å²) in [6, 6.07) is 3.04. The maximum atomic E-state index is 13.8. The number of aromatic nitrogens is 3. The number of carbonyl (C=O) groups excluding carboxylic acids is 1. The Morgan fingerprint density at radius 2 is 2.32 bits per heavy atom. The van der Waals surface area contributed by atoms with Gasteiger partial charge in [-0.05, 0) is 12.1 Å². The highest BCUT2D eigenvalue weighted by molar-refractivity contribution is 5.95. The molecule has 7 nitrogen and oxygen atoms in total. The summed E-state index contributed by atoms with van der Waals surface area (Å²) in [5, 5.41) is 6.67. The van der Waals surface area contributed by atoms with Crippen molar-refractivity contribution < 1.29 is 9.18 Å². The van der Waals surface area contributed by atoms with Crippen LogP contribution in [0.1, 0.15) is 16.1 Å². The molecular formula is C11H13FN6O. The maximum Gasteiger partial charge on any atom is 0.254 e. The van der Waals surface area contributed by atoms with Gasteiger partial charge in [-0.2, -0.15) is 5.10 Å². The third-order valence-corrected chi connectivity index (χ3v) is 2.47. The highest BCUT2D eigenvalue weighted by Crippen LogP contribution is 2.13. The summed E-state index contributed by atoms with van der Waals surface area (Å²) in [5.41, 5.74) is 2.64. The zero-order valence-electron chi connectivity index (χ0n) is 10.2. The molecule has 1 amide bonds. The molecule has 0 saturated carbocycles. The minimum Gasteiger partial charge on any atom is -0.346 e. The van der Waals surface area contributed by atoms with Gasteiger partial charge in [0, 0.05) is 19.4 Å². The second-order valence-electron chi connectivity index (χ2n) is 3.83. The maximum absolute atomic E-state index is 13.8. The van der Waals surface area contributed by atoms with E-state index in [-0.39, 0.29) is 17.9 Å². The Kier molecular flexibility index (Phi) is 3.71. The van der Waals surface area contributed by atoms with E-state index in [1.807, 2.05) is 0 Å². The Morgan fingerprint density at radius 3 is 2.95 bits per heavy atom. The Balaban J connectivity index is 2.08. The minimum absolute atomic E-state index is 0.126. The number of anilines is 1. The van der Waals surface area contributed by atoms with Gasteiger partial charge in [-0.3, -0.25) is 9.48 Å². The summed E-state index contributed by atoms with van der Waals surface area (Å²) in [7, 11) is 1.77. The van der Waals surface area contributed by atoms with Crippen LogP contribution in [0.25, 0.3) is 0 Å². The van der Waals surface area contributed by atoms with Crippen LogP contribution in [0.15, 0.2) is 24.5 Å². The smallest absolute Gasteiger partial charge is 0.254 e. The minimum atomic E-state index is -0.788. The van der Waals surface area contributed by atoms with Gasteiger partial charge in [-0.15, -0.1) is 0 Å². The second-order valence-corrected chi connectivity index (χ2v) is 3.83. The van der Waals surface area contributed by atoms with E-state index < -0.39 is 11.7 Å². The third kappa shape index (κ3) is 2.86. The number of halogens is 1. The molecule has 0 bridgehead atoms. The molecule has 0 saturated heterocycles. The molecule has 19 heavy (non-hydrogen) atoms. The first-order valence-corrected chi connectivity index (χ1v) is 5.49. The van der Waals surface area contributed by atoms with Crippen LogP contribution in [0.4, 0.5) is 10.2 Å². The first-order valence-electron chi connectivity index (χ1n) is 5.49. The number of carbonyl (C=O) groups is 1. The van der Waals surface area contributed by atoms with Crippen LogP contribution >= 0.6 is 0 Å². The standard InChI is InChI=1S/C11H13FN6O/c1-18-5-3-7(17-18)6-15-11(19)8-2-4-14-10(16-13)9(8)12/h2-5H,6,13H2,1H3,(H,14,16)(H,15,19). The van der Waals surface area contributed by atoms with Crippen molar-refractivity contribution >= 4 is 11.7 Å². The molecule has 4 N–H and O–H groups in total. The van der Waals surface area contributed by atoms with Gasteiger partial charge in [-0.25, -0.2) is 15.2 Å². The van der Waals surface area contributed by atoms with E-state index in [1.54, 1.807) is 24.0 Å². The van der Waals surface area contributed by atoms with E-state index in [0.29, 0.717) is 5.69 Å². The van der Waals surface area contributed by atoms with Gasteiger partial charge in [0.05, 0.1) is 17.8 Å². The van der Waals surface area contributed by atoms with Crippen molar-refractivity contribution in [3.05, 3.63) is 41.6 Å². The van der Waals surface area contributed by atoms with Crippen molar-refractivity contribution in [3.8, 4) is 0 Å². The molecule has 8 heteroatoms. The molecule has 2 heterocycles. The third-order valence-electron chi connectivity index (χ3n) is 2.47. The fourth-order valence-corrected chi connectivity index (χ4v) is 1.54. The molecule has 0 aliphatic carbocycles. The Morgan fingerprint density at radius 1 is 1.53 bits per heavy atom. The zero-order valence-corrected chi connectivity index (χ0v) is 10.2. The first kappa shape index (κ1) is 13.0. The summed E-state index contributed by atoms with van der Waals surface area (Å²) in [6.45, 7) is 0.215. The van der Waals surface area contributed by atoms with Gasteiger partial charge in [-0.1, -0.05) is 0 Å². The largest absolute Gasteiger partial charge is 0.346 e. The lowest BCUT2D eigenvalue weighted by atomic mass is 10.2. The number of hydrogen-bond donors (Lipinski definition) is 3. The number of nitrogens with one attached hydrogen (secondary N) is 2. The number of amides is 1. The van der Waals surface area contributed by atoms with E-state index in [0.717, 1.165) is 0 Å². The number of nitrogens with zero attached hydrogens (tertiary/aromatic N) is 3. The average molecular weight is 264 g/mol. The lowest BCUT2D eigenvalue weighted by Gasteiger charge is -2.07. The van der Waals surface area contributed by atoms with Gasteiger partial charge in [0.25, 0.3) is 5.91 Å². The lowest BCUT2D eigenvalue weighted by Crippen LogP contribution is -2.25.